The van der Waals surface area contributed by atoms with Crippen molar-refractivity contribution in [2.45, 2.75) is 6.92 Å². The minimum absolute atomic E-state index is 0.0228. The van der Waals surface area contributed by atoms with Gasteiger partial charge in [0.05, 0.1) is 0 Å². The van der Waals surface area contributed by atoms with Crippen LogP contribution >= 0.6 is 22.6 Å². The van der Waals surface area contributed by atoms with E-state index in [4.69, 9.17) is 0 Å². The largest absolute Gasteiger partial charge is 0.322 e. The number of carbonyl (C=O) groups excluding carboxylic acids is 2. The maximum absolute atomic E-state index is 12.0. The van der Waals surface area contributed by atoms with Gasteiger partial charge in [0, 0.05) is 20.4 Å². The van der Waals surface area contributed by atoms with E-state index in [1.807, 2.05) is 12.1 Å². The van der Waals surface area contributed by atoms with Crippen molar-refractivity contribution in [1.82, 2.24) is 0 Å². The first-order valence-corrected chi connectivity index (χ1v) is 6.82. The van der Waals surface area contributed by atoms with Crippen molar-refractivity contribution in [1.29, 1.82) is 0 Å². The lowest BCUT2D eigenvalue weighted by atomic mass is 10.1. The van der Waals surface area contributed by atoms with E-state index >= 15 is 0 Å². The molecule has 2 aromatic rings. The first kappa shape index (κ1) is 13.7. The van der Waals surface area contributed by atoms with Gasteiger partial charge in [0.25, 0.3) is 5.91 Å². The van der Waals surface area contributed by atoms with Crippen LogP contribution in [0.3, 0.4) is 0 Å². The molecule has 4 heteroatoms. The summed E-state index contributed by atoms with van der Waals surface area (Å²) in [4.78, 5) is 23.3. The number of halogens is 1. The molecular formula is C15H12INO2. The van der Waals surface area contributed by atoms with Crippen LogP contribution in [0.2, 0.25) is 0 Å². The summed E-state index contributed by atoms with van der Waals surface area (Å²) in [5.41, 5.74) is 1.80. The quantitative estimate of drug-likeness (QED) is 0.665. The molecule has 0 bridgehead atoms. The first-order valence-electron chi connectivity index (χ1n) is 5.74. The van der Waals surface area contributed by atoms with Crippen LogP contribution in [0.5, 0.6) is 0 Å². The van der Waals surface area contributed by atoms with Gasteiger partial charge in [0.1, 0.15) is 0 Å². The zero-order valence-electron chi connectivity index (χ0n) is 10.3. The summed E-state index contributed by atoms with van der Waals surface area (Å²) in [5, 5.41) is 2.78. The van der Waals surface area contributed by atoms with Crippen LogP contribution in [0.4, 0.5) is 5.69 Å². The molecule has 0 spiro atoms. The monoisotopic (exact) mass is 365 g/mol. The van der Waals surface area contributed by atoms with Crippen LogP contribution in [0.25, 0.3) is 0 Å². The minimum Gasteiger partial charge on any atom is -0.322 e. The van der Waals surface area contributed by atoms with Crippen LogP contribution in [0.15, 0.2) is 48.5 Å². The number of benzene rings is 2. The summed E-state index contributed by atoms with van der Waals surface area (Å²) in [5.74, 6) is -0.206. The molecule has 0 aliphatic rings. The van der Waals surface area contributed by atoms with Gasteiger partial charge in [-0.3, -0.25) is 9.59 Å². The normalized spacial score (nSPS) is 10.0. The molecule has 0 aliphatic heterocycles. The SMILES string of the molecule is CC(=O)c1cccc(NC(=O)c2ccc(I)cc2)c1. The first-order chi connectivity index (χ1) is 9.06. The molecule has 1 N–H and O–H groups in total. The number of Topliss-reactive ketones (excluding diaryl/α,β-unsaturated/α-hetero) is 1. The van der Waals surface area contributed by atoms with Gasteiger partial charge in [-0.1, -0.05) is 12.1 Å². The molecule has 0 unspecified atom stereocenters. The number of amides is 1. The maximum atomic E-state index is 12.0. The molecule has 0 aliphatic carbocycles. The third-order valence-electron chi connectivity index (χ3n) is 2.63. The summed E-state index contributed by atoms with van der Waals surface area (Å²) >= 11 is 2.19. The van der Waals surface area contributed by atoms with E-state index in [1.165, 1.54) is 6.92 Å². The van der Waals surface area contributed by atoms with Crippen molar-refractivity contribution < 1.29 is 9.59 Å². The summed E-state index contributed by atoms with van der Waals surface area (Å²) < 4.78 is 1.08. The number of nitrogens with one attached hydrogen (secondary N) is 1. The lowest BCUT2D eigenvalue weighted by Gasteiger charge is -2.06. The summed E-state index contributed by atoms with van der Waals surface area (Å²) in [6.45, 7) is 1.50. The molecule has 0 fully saturated rings. The molecule has 0 radical (unpaired) electrons. The number of anilines is 1. The molecule has 0 heterocycles. The highest BCUT2D eigenvalue weighted by atomic mass is 127. The van der Waals surface area contributed by atoms with E-state index < -0.39 is 0 Å². The Morgan fingerprint density at radius 3 is 2.32 bits per heavy atom. The molecule has 19 heavy (non-hydrogen) atoms. The number of rotatable bonds is 3. The van der Waals surface area contributed by atoms with Crippen LogP contribution in [-0.2, 0) is 0 Å². The van der Waals surface area contributed by atoms with E-state index in [-0.39, 0.29) is 11.7 Å². The van der Waals surface area contributed by atoms with Gasteiger partial charge in [-0.25, -0.2) is 0 Å². The van der Waals surface area contributed by atoms with E-state index in [0.29, 0.717) is 16.8 Å². The highest BCUT2D eigenvalue weighted by Gasteiger charge is 2.07. The predicted octanol–water partition coefficient (Wildman–Crippen LogP) is 3.75. The Kier molecular flexibility index (Phi) is 4.31. The van der Waals surface area contributed by atoms with Crippen molar-refractivity contribution >= 4 is 40.0 Å². The standard InChI is InChI=1S/C15H12INO2/c1-10(18)12-3-2-4-14(9-12)17-15(19)11-5-7-13(16)8-6-11/h2-9H,1H3,(H,17,19). The molecule has 96 valence electrons. The topological polar surface area (TPSA) is 46.2 Å². The molecule has 2 aromatic carbocycles. The number of ketones is 1. The minimum atomic E-state index is -0.183. The highest BCUT2D eigenvalue weighted by Crippen LogP contribution is 2.13. The van der Waals surface area contributed by atoms with Crippen LogP contribution in [0.1, 0.15) is 27.6 Å². The van der Waals surface area contributed by atoms with Gasteiger partial charge in [-0.15, -0.1) is 0 Å². The van der Waals surface area contributed by atoms with Crippen molar-refractivity contribution in [3.8, 4) is 0 Å². The second kappa shape index (κ2) is 5.97. The third kappa shape index (κ3) is 3.64. The summed E-state index contributed by atoms with van der Waals surface area (Å²) in [7, 11) is 0. The van der Waals surface area contributed by atoms with Gasteiger partial charge >= 0.3 is 0 Å². The van der Waals surface area contributed by atoms with Gasteiger partial charge < -0.3 is 5.32 Å². The van der Waals surface area contributed by atoms with Gasteiger partial charge in [-0.05, 0) is 65.9 Å². The van der Waals surface area contributed by atoms with Crippen molar-refractivity contribution in [3.05, 3.63) is 63.2 Å². The van der Waals surface area contributed by atoms with Crippen molar-refractivity contribution in [2.75, 3.05) is 5.32 Å². The van der Waals surface area contributed by atoms with Crippen LogP contribution < -0.4 is 5.32 Å². The molecule has 0 aromatic heterocycles. The summed E-state index contributed by atoms with van der Waals surface area (Å²) in [6, 6.07) is 14.2. The fourth-order valence-corrected chi connectivity index (χ4v) is 1.98. The van der Waals surface area contributed by atoms with Crippen molar-refractivity contribution in [3.63, 3.8) is 0 Å². The maximum Gasteiger partial charge on any atom is 0.255 e. The number of hydrogen-bond donors (Lipinski definition) is 1. The zero-order valence-corrected chi connectivity index (χ0v) is 12.5. The zero-order chi connectivity index (χ0) is 13.8. The Morgan fingerprint density at radius 2 is 1.68 bits per heavy atom. The Labute approximate surface area is 125 Å². The lowest BCUT2D eigenvalue weighted by molar-refractivity contribution is 0.101. The Bertz CT molecular complexity index is 620. The lowest BCUT2D eigenvalue weighted by Crippen LogP contribution is -2.12. The van der Waals surface area contributed by atoms with E-state index in [9.17, 15) is 9.59 Å². The van der Waals surface area contributed by atoms with Gasteiger partial charge in [0.15, 0.2) is 5.78 Å². The second-order valence-electron chi connectivity index (χ2n) is 4.10. The van der Waals surface area contributed by atoms with Crippen LogP contribution in [0, 0.1) is 3.57 Å². The average Bonchev–Trinajstić information content (AvgIpc) is 2.39. The molecule has 2 rings (SSSR count). The third-order valence-corrected chi connectivity index (χ3v) is 3.35. The predicted molar refractivity (Wildman–Crippen MR) is 83.6 cm³/mol. The Morgan fingerprint density at radius 1 is 1.00 bits per heavy atom. The van der Waals surface area contributed by atoms with Crippen LogP contribution in [-0.4, -0.2) is 11.7 Å². The Hall–Kier alpha value is -1.69. The molecule has 1 amide bonds. The van der Waals surface area contributed by atoms with E-state index in [0.717, 1.165) is 3.57 Å². The molecule has 0 saturated carbocycles. The highest BCUT2D eigenvalue weighted by molar-refractivity contribution is 14.1. The van der Waals surface area contributed by atoms with E-state index in [1.54, 1.807) is 36.4 Å². The van der Waals surface area contributed by atoms with Crippen molar-refractivity contribution in [2.24, 2.45) is 0 Å². The second-order valence-corrected chi connectivity index (χ2v) is 5.34. The Balaban J connectivity index is 2.17. The molecule has 0 saturated heterocycles. The number of hydrogen-bond acceptors (Lipinski definition) is 2. The van der Waals surface area contributed by atoms with Gasteiger partial charge in [0.2, 0.25) is 0 Å². The summed E-state index contributed by atoms with van der Waals surface area (Å²) in [6.07, 6.45) is 0. The number of carbonyl (C=O) groups is 2. The fourth-order valence-electron chi connectivity index (χ4n) is 1.62. The molecule has 3 nitrogen and oxygen atoms in total. The smallest absolute Gasteiger partial charge is 0.255 e. The molecule has 0 atom stereocenters. The average molecular weight is 365 g/mol. The fraction of sp³-hybridized carbons (Fsp3) is 0.0667. The van der Waals surface area contributed by atoms with Gasteiger partial charge in [-0.2, -0.15) is 0 Å². The van der Waals surface area contributed by atoms with E-state index in [2.05, 4.69) is 27.9 Å². The molecular weight excluding hydrogens is 353 g/mol.